The van der Waals surface area contributed by atoms with Crippen molar-refractivity contribution >= 4 is 5.69 Å². The molecule has 1 saturated heterocycles. The highest BCUT2D eigenvalue weighted by molar-refractivity contribution is 5.60. The van der Waals surface area contributed by atoms with Crippen LogP contribution in [0.25, 0.3) is 0 Å². The van der Waals surface area contributed by atoms with Gasteiger partial charge < -0.3 is 14.8 Å². The zero-order chi connectivity index (χ0) is 12.1. The Kier molecular flexibility index (Phi) is 3.84. The minimum Gasteiger partial charge on any atom is -0.497 e. The third-order valence-electron chi connectivity index (χ3n) is 2.93. The molecular weight excluding hydrogens is 216 g/mol. The summed E-state index contributed by atoms with van der Waals surface area (Å²) in [6.07, 6.45) is 1.95. The average molecular weight is 232 g/mol. The van der Waals surface area contributed by atoms with Crippen molar-refractivity contribution in [3.63, 3.8) is 0 Å². The molecule has 1 fully saturated rings. The molecule has 1 aliphatic heterocycles. The number of ether oxygens (including phenoxy) is 2. The molecule has 0 radical (unpaired) electrons. The lowest BCUT2D eigenvalue weighted by molar-refractivity contribution is 0.0904. The molecule has 1 aromatic carbocycles. The zero-order valence-electron chi connectivity index (χ0n) is 9.90. The Bertz CT molecular complexity index is 420. The standard InChI is InChI=1S/C13H16N2O2/c1-16-12-3-2-10(9-14)13(8-12)15-11-4-6-17-7-5-11/h2-3,8,11,15H,4-7H2,1H3. The van der Waals surface area contributed by atoms with Gasteiger partial charge in [0.05, 0.1) is 18.4 Å². The minimum absolute atomic E-state index is 0.378. The van der Waals surface area contributed by atoms with Crippen LogP contribution in [0.3, 0.4) is 0 Å². The van der Waals surface area contributed by atoms with E-state index in [4.69, 9.17) is 14.7 Å². The van der Waals surface area contributed by atoms with E-state index in [2.05, 4.69) is 11.4 Å². The van der Waals surface area contributed by atoms with E-state index in [1.807, 2.05) is 6.07 Å². The highest BCUT2D eigenvalue weighted by Gasteiger charge is 2.15. The molecule has 0 unspecified atom stereocenters. The summed E-state index contributed by atoms with van der Waals surface area (Å²) in [5, 5.41) is 12.4. The number of hydrogen-bond acceptors (Lipinski definition) is 4. The predicted octanol–water partition coefficient (Wildman–Crippen LogP) is 2.16. The monoisotopic (exact) mass is 232 g/mol. The van der Waals surface area contributed by atoms with Gasteiger partial charge >= 0.3 is 0 Å². The smallest absolute Gasteiger partial charge is 0.121 e. The van der Waals surface area contributed by atoms with Crippen molar-refractivity contribution in [3.05, 3.63) is 23.8 Å². The lowest BCUT2D eigenvalue weighted by atomic mass is 10.1. The van der Waals surface area contributed by atoms with Crippen molar-refractivity contribution in [2.75, 3.05) is 25.6 Å². The van der Waals surface area contributed by atoms with E-state index in [9.17, 15) is 0 Å². The second-order valence-corrected chi connectivity index (χ2v) is 4.05. The van der Waals surface area contributed by atoms with Crippen molar-refractivity contribution < 1.29 is 9.47 Å². The number of rotatable bonds is 3. The first-order chi connectivity index (χ1) is 8.33. The molecule has 4 nitrogen and oxygen atoms in total. The normalized spacial score (nSPS) is 16.2. The first-order valence-corrected chi connectivity index (χ1v) is 5.76. The van der Waals surface area contributed by atoms with Gasteiger partial charge in [-0.2, -0.15) is 5.26 Å². The zero-order valence-corrected chi connectivity index (χ0v) is 9.90. The van der Waals surface area contributed by atoms with Crippen molar-refractivity contribution in [1.29, 1.82) is 5.26 Å². The van der Waals surface area contributed by atoms with Crippen molar-refractivity contribution in [2.24, 2.45) is 0 Å². The summed E-state index contributed by atoms with van der Waals surface area (Å²) >= 11 is 0. The maximum absolute atomic E-state index is 9.06. The molecule has 0 saturated carbocycles. The molecule has 4 heteroatoms. The van der Waals surface area contributed by atoms with Crippen LogP contribution in [0.5, 0.6) is 5.75 Å². The number of nitriles is 1. The Morgan fingerprint density at radius 1 is 1.41 bits per heavy atom. The van der Waals surface area contributed by atoms with Gasteiger partial charge in [0.1, 0.15) is 11.8 Å². The maximum atomic E-state index is 9.06. The van der Waals surface area contributed by atoms with E-state index in [0.717, 1.165) is 37.5 Å². The van der Waals surface area contributed by atoms with Gasteiger partial charge in [0.2, 0.25) is 0 Å². The van der Waals surface area contributed by atoms with E-state index in [1.54, 1.807) is 19.2 Å². The summed E-state index contributed by atoms with van der Waals surface area (Å²) < 4.78 is 10.5. The van der Waals surface area contributed by atoms with E-state index in [0.29, 0.717) is 11.6 Å². The molecule has 0 aromatic heterocycles. The largest absolute Gasteiger partial charge is 0.497 e. The molecular formula is C13H16N2O2. The van der Waals surface area contributed by atoms with Gasteiger partial charge in [-0.15, -0.1) is 0 Å². The lowest BCUT2D eigenvalue weighted by Crippen LogP contribution is -2.28. The lowest BCUT2D eigenvalue weighted by Gasteiger charge is -2.24. The number of anilines is 1. The van der Waals surface area contributed by atoms with Crippen LogP contribution in [0.1, 0.15) is 18.4 Å². The Morgan fingerprint density at radius 3 is 2.82 bits per heavy atom. The SMILES string of the molecule is COc1ccc(C#N)c(NC2CCOCC2)c1. The van der Waals surface area contributed by atoms with Gasteiger partial charge in [0.15, 0.2) is 0 Å². The fourth-order valence-corrected chi connectivity index (χ4v) is 1.93. The molecule has 0 spiro atoms. The van der Waals surface area contributed by atoms with Gasteiger partial charge in [-0.1, -0.05) is 0 Å². The number of hydrogen-bond donors (Lipinski definition) is 1. The Balaban J connectivity index is 2.14. The van der Waals surface area contributed by atoms with Gasteiger partial charge in [0.25, 0.3) is 0 Å². The second-order valence-electron chi connectivity index (χ2n) is 4.05. The number of nitrogens with zero attached hydrogens (tertiary/aromatic N) is 1. The van der Waals surface area contributed by atoms with E-state index < -0.39 is 0 Å². The highest BCUT2D eigenvalue weighted by Crippen LogP contribution is 2.24. The quantitative estimate of drug-likeness (QED) is 0.867. The molecule has 1 N–H and O–H groups in total. The molecule has 90 valence electrons. The fraction of sp³-hybridized carbons (Fsp3) is 0.462. The van der Waals surface area contributed by atoms with Crippen LogP contribution >= 0.6 is 0 Å². The van der Waals surface area contributed by atoms with Crippen LogP contribution in [-0.2, 0) is 4.74 Å². The summed E-state index contributed by atoms with van der Waals surface area (Å²) in [5.41, 5.74) is 1.50. The fourth-order valence-electron chi connectivity index (χ4n) is 1.93. The molecule has 0 aliphatic carbocycles. The average Bonchev–Trinajstić information content (AvgIpc) is 2.40. The van der Waals surface area contributed by atoms with Crippen molar-refractivity contribution in [1.82, 2.24) is 0 Å². The maximum Gasteiger partial charge on any atom is 0.121 e. The van der Waals surface area contributed by atoms with Crippen molar-refractivity contribution in [2.45, 2.75) is 18.9 Å². The third kappa shape index (κ3) is 2.89. The van der Waals surface area contributed by atoms with E-state index >= 15 is 0 Å². The molecule has 1 heterocycles. The van der Waals surface area contributed by atoms with Gasteiger partial charge in [-0.05, 0) is 25.0 Å². The van der Waals surface area contributed by atoms with E-state index in [-0.39, 0.29) is 0 Å². The molecule has 2 rings (SSSR count). The molecule has 0 atom stereocenters. The number of benzene rings is 1. The van der Waals surface area contributed by atoms with Crippen LogP contribution in [0, 0.1) is 11.3 Å². The summed E-state index contributed by atoms with van der Waals surface area (Å²) in [6.45, 7) is 1.56. The van der Waals surface area contributed by atoms with Crippen LogP contribution < -0.4 is 10.1 Å². The molecule has 1 aliphatic rings. The Labute approximate surface area is 101 Å². The molecule has 0 amide bonds. The van der Waals surface area contributed by atoms with Gasteiger partial charge in [0, 0.05) is 25.3 Å². The van der Waals surface area contributed by atoms with E-state index in [1.165, 1.54) is 0 Å². The topological polar surface area (TPSA) is 54.3 Å². The number of methoxy groups -OCH3 is 1. The first kappa shape index (κ1) is 11.7. The number of nitrogens with one attached hydrogen (secondary N) is 1. The Hall–Kier alpha value is -1.73. The summed E-state index contributed by atoms with van der Waals surface area (Å²) in [5.74, 6) is 0.763. The van der Waals surface area contributed by atoms with Crippen LogP contribution in [0.2, 0.25) is 0 Å². The summed E-state index contributed by atoms with van der Waals surface area (Å²) in [4.78, 5) is 0. The van der Waals surface area contributed by atoms with Crippen LogP contribution in [-0.4, -0.2) is 26.4 Å². The van der Waals surface area contributed by atoms with Gasteiger partial charge in [-0.25, -0.2) is 0 Å². The van der Waals surface area contributed by atoms with Crippen LogP contribution in [0.4, 0.5) is 5.69 Å². The van der Waals surface area contributed by atoms with Crippen molar-refractivity contribution in [3.8, 4) is 11.8 Å². The van der Waals surface area contributed by atoms with Gasteiger partial charge in [-0.3, -0.25) is 0 Å². The second kappa shape index (κ2) is 5.55. The summed E-state index contributed by atoms with van der Waals surface area (Å²) in [6, 6.07) is 8.01. The van der Waals surface area contributed by atoms with Crippen LogP contribution in [0.15, 0.2) is 18.2 Å². The predicted molar refractivity (Wildman–Crippen MR) is 65.2 cm³/mol. The molecule has 17 heavy (non-hydrogen) atoms. The molecule has 0 bridgehead atoms. The first-order valence-electron chi connectivity index (χ1n) is 5.76. The Morgan fingerprint density at radius 2 is 2.18 bits per heavy atom. The third-order valence-corrected chi connectivity index (χ3v) is 2.93. The minimum atomic E-state index is 0.378. The summed E-state index contributed by atoms with van der Waals surface area (Å²) in [7, 11) is 1.62. The molecule has 1 aromatic rings. The highest BCUT2D eigenvalue weighted by atomic mass is 16.5.